The topological polar surface area (TPSA) is 70.1 Å². The first-order chi connectivity index (χ1) is 8.95. The van der Waals surface area contributed by atoms with Crippen LogP contribution in [0, 0.1) is 0 Å². The molecule has 6 nitrogen and oxygen atoms in total. The standard InChI is InChI=1S/C13H24N2O4/c1-10(19-3)4-5-12(16)15-8-6-14(7-9-15)11(2)13(17)18/h10-11H,4-9H2,1-3H3,(H,17,18). The van der Waals surface area contributed by atoms with Crippen LogP contribution in [0.25, 0.3) is 0 Å². The van der Waals surface area contributed by atoms with Crippen molar-refractivity contribution in [3.05, 3.63) is 0 Å². The van der Waals surface area contributed by atoms with Gasteiger partial charge in [-0.05, 0) is 20.3 Å². The fourth-order valence-corrected chi connectivity index (χ4v) is 2.12. The van der Waals surface area contributed by atoms with E-state index in [4.69, 9.17) is 9.84 Å². The Kier molecular flexibility index (Phi) is 6.24. The molecular weight excluding hydrogens is 248 g/mol. The lowest BCUT2D eigenvalue weighted by Gasteiger charge is -2.36. The number of hydrogen-bond acceptors (Lipinski definition) is 4. The molecule has 0 radical (unpaired) electrons. The molecule has 0 aromatic heterocycles. The van der Waals surface area contributed by atoms with Crippen LogP contribution >= 0.6 is 0 Å². The first-order valence-corrected chi connectivity index (χ1v) is 6.73. The van der Waals surface area contributed by atoms with Crippen molar-refractivity contribution in [2.75, 3.05) is 33.3 Å². The first-order valence-electron chi connectivity index (χ1n) is 6.73. The number of aliphatic carboxylic acids is 1. The number of carbonyl (C=O) groups excluding carboxylic acids is 1. The predicted molar refractivity (Wildman–Crippen MR) is 71.0 cm³/mol. The minimum absolute atomic E-state index is 0.0947. The highest BCUT2D eigenvalue weighted by atomic mass is 16.5. The third-order valence-corrected chi connectivity index (χ3v) is 3.74. The van der Waals surface area contributed by atoms with E-state index in [0.717, 1.165) is 6.42 Å². The first kappa shape index (κ1) is 15.9. The number of carbonyl (C=O) groups is 2. The van der Waals surface area contributed by atoms with Gasteiger partial charge in [-0.25, -0.2) is 0 Å². The number of piperazine rings is 1. The minimum atomic E-state index is -0.811. The summed E-state index contributed by atoms with van der Waals surface area (Å²) in [5, 5.41) is 8.95. The Morgan fingerprint density at radius 3 is 2.26 bits per heavy atom. The van der Waals surface area contributed by atoms with Gasteiger partial charge in [0.1, 0.15) is 6.04 Å². The molecule has 1 fully saturated rings. The second-order valence-electron chi connectivity index (χ2n) is 5.02. The number of nitrogens with zero attached hydrogens (tertiary/aromatic N) is 2. The van der Waals surface area contributed by atoms with Crippen LogP contribution < -0.4 is 0 Å². The summed E-state index contributed by atoms with van der Waals surface area (Å²) in [4.78, 5) is 26.6. The summed E-state index contributed by atoms with van der Waals surface area (Å²) >= 11 is 0. The Bertz CT molecular complexity index is 314. The van der Waals surface area contributed by atoms with Crippen LogP contribution in [0.3, 0.4) is 0 Å². The van der Waals surface area contributed by atoms with E-state index < -0.39 is 12.0 Å². The largest absolute Gasteiger partial charge is 0.480 e. The van der Waals surface area contributed by atoms with Crippen molar-refractivity contribution < 1.29 is 19.4 Å². The van der Waals surface area contributed by atoms with E-state index in [1.165, 1.54) is 0 Å². The minimum Gasteiger partial charge on any atom is -0.480 e. The van der Waals surface area contributed by atoms with E-state index in [-0.39, 0.29) is 12.0 Å². The Labute approximate surface area is 114 Å². The zero-order valence-corrected chi connectivity index (χ0v) is 12.0. The van der Waals surface area contributed by atoms with Crippen LogP contribution in [0.2, 0.25) is 0 Å². The Hall–Kier alpha value is -1.14. The third-order valence-electron chi connectivity index (χ3n) is 3.74. The van der Waals surface area contributed by atoms with Crippen LogP contribution in [0.5, 0.6) is 0 Å². The monoisotopic (exact) mass is 272 g/mol. The van der Waals surface area contributed by atoms with Gasteiger partial charge in [0.25, 0.3) is 0 Å². The molecule has 1 aliphatic heterocycles. The van der Waals surface area contributed by atoms with Gasteiger partial charge < -0.3 is 14.7 Å². The zero-order valence-electron chi connectivity index (χ0n) is 12.0. The maximum atomic E-state index is 12.0. The van der Waals surface area contributed by atoms with Crippen molar-refractivity contribution in [3.63, 3.8) is 0 Å². The Balaban J connectivity index is 2.33. The van der Waals surface area contributed by atoms with E-state index in [1.807, 2.05) is 16.7 Å². The number of carboxylic acids is 1. The molecule has 0 aromatic carbocycles. The zero-order chi connectivity index (χ0) is 14.4. The molecule has 0 spiro atoms. The highest BCUT2D eigenvalue weighted by Gasteiger charge is 2.26. The van der Waals surface area contributed by atoms with Crippen LogP contribution in [-0.4, -0.2) is 72.2 Å². The lowest BCUT2D eigenvalue weighted by atomic mass is 10.1. The number of carboxylic acid groups (broad SMARTS) is 1. The molecule has 1 heterocycles. The summed E-state index contributed by atoms with van der Waals surface area (Å²) in [6, 6.07) is -0.481. The molecule has 1 aliphatic rings. The predicted octanol–water partition coefficient (Wildman–Crippen LogP) is 0.419. The number of methoxy groups -OCH3 is 1. The third kappa shape index (κ3) is 4.80. The van der Waals surface area contributed by atoms with Gasteiger partial charge in [0.15, 0.2) is 0 Å². The summed E-state index contributed by atoms with van der Waals surface area (Å²) < 4.78 is 5.12. The van der Waals surface area contributed by atoms with Crippen LogP contribution in [0.15, 0.2) is 0 Å². The number of hydrogen-bond donors (Lipinski definition) is 1. The van der Waals surface area contributed by atoms with Crippen molar-refractivity contribution in [1.82, 2.24) is 9.80 Å². The SMILES string of the molecule is COC(C)CCC(=O)N1CCN(C(C)C(=O)O)CC1. The molecule has 1 rings (SSSR count). The molecular formula is C13H24N2O4. The van der Waals surface area contributed by atoms with Gasteiger partial charge in [-0.2, -0.15) is 0 Å². The number of rotatable bonds is 6. The van der Waals surface area contributed by atoms with Crippen molar-refractivity contribution in [2.45, 2.75) is 38.8 Å². The summed E-state index contributed by atoms with van der Waals surface area (Å²) in [5.74, 6) is -0.680. The highest BCUT2D eigenvalue weighted by molar-refractivity contribution is 5.76. The number of amides is 1. The van der Waals surface area contributed by atoms with Crippen LogP contribution in [0.1, 0.15) is 26.7 Å². The summed E-state index contributed by atoms with van der Waals surface area (Å²) in [7, 11) is 1.64. The number of ether oxygens (including phenoxy) is 1. The molecule has 1 amide bonds. The van der Waals surface area contributed by atoms with E-state index >= 15 is 0 Å². The van der Waals surface area contributed by atoms with Gasteiger partial charge >= 0.3 is 5.97 Å². The van der Waals surface area contributed by atoms with Crippen molar-refractivity contribution in [1.29, 1.82) is 0 Å². The van der Waals surface area contributed by atoms with Gasteiger partial charge in [0, 0.05) is 39.7 Å². The van der Waals surface area contributed by atoms with Crippen LogP contribution in [-0.2, 0) is 14.3 Å². The van der Waals surface area contributed by atoms with E-state index in [1.54, 1.807) is 14.0 Å². The van der Waals surface area contributed by atoms with Gasteiger partial charge in [-0.15, -0.1) is 0 Å². The smallest absolute Gasteiger partial charge is 0.320 e. The maximum Gasteiger partial charge on any atom is 0.320 e. The van der Waals surface area contributed by atoms with Crippen molar-refractivity contribution >= 4 is 11.9 Å². The van der Waals surface area contributed by atoms with Crippen molar-refractivity contribution in [2.24, 2.45) is 0 Å². The van der Waals surface area contributed by atoms with Gasteiger partial charge in [-0.1, -0.05) is 0 Å². The fourth-order valence-electron chi connectivity index (χ4n) is 2.12. The molecule has 6 heteroatoms. The molecule has 0 aromatic rings. The lowest BCUT2D eigenvalue weighted by molar-refractivity contribution is -0.144. The maximum absolute atomic E-state index is 12.0. The fraction of sp³-hybridized carbons (Fsp3) is 0.846. The summed E-state index contributed by atoms with van der Waals surface area (Å²) in [6.45, 7) is 6.09. The van der Waals surface area contributed by atoms with Gasteiger partial charge in [-0.3, -0.25) is 14.5 Å². The molecule has 0 saturated carbocycles. The van der Waals surface area contributed by atoms with Gasteiger partial charge in [0.2, 0.25) is 5.91 Å². The molecule has 110 valence electrons. The average molecular weight is 272 g/mol. The molecule has 0 bridgehead atoms. The Morgan fingerprint density at radius 1 is 1.21 bits per heavy atom. The molecule has 2 unspecified atom stereocenters. The molecule has 19 heavy (non-hydrogen) atoms. The molecule has 2 atom stereocenters. The van der Waals surface area contributed by atoms with E-state index in [2.05, 4.69) is 0 Å². The quantitative estimate of drug-likeness (QED) is 0.759. The second-order valence-corrected chi connectivity index (χ2v) is 5.02. The van der Waals surface area contributed by atoms with E-state index in [9.17, 15) is 9.59 Å². The van der Waals surface area contributed by atoms with E-state index in [0.29, 0.717) is 32.6 Å². The van der Waals surface area contributed by atoms with Crippen LogP contribution in [0.4, 0.5) is 0 Å². The highest BCUT2D eigenvalue weighted by Crippen LogP contribution is 2.10. The second kappa shape index (κ2) is 7.45. The Morgan fingerprint density at radius 2 is 1.79 bits per heavy atom. The van der Waals surface area contributed by atoms with Crippen molar-refractivity contribution in [3.8, 4) is 0 Å². The summed E-state index contributed by atoms with van der Waals surface area (Å²) in [5.41, 5.74) is 0. The average Bonchev–Trinajstić information content (AvgIpc) is 2.43. The summed E-state index contributed by atoms with van der Waals surface area (Å²) in [6.07, 6.45) is 1.31. The molecule has 1 saturated heterocycles. The molecule has 1 N–H and O–H groups in total. The molecule has 0 aliphatic carbocycles. The van der Waals surface area contributed by atoms with Gasteiger partial charge in [0.05, 0.1) is 6.10 Å². The lowest BCUT2D eigenvalue weighted by Crippen LogP contribution is -2.53. The normalized spacial score (nSPS) is 20.1.